The van der Waals surface area contributed by atoms with Crippen LogP contribution < -0.4 is 21.3 Å². The highest BCUT2D eigenvalue weighted by atomic mass is 16.2. The molecular formula is C14H20N4O2. The third-order valence-electron chi connectivity index (χ3n) is 3.23. The van der Waals surface area contributed by atoms with E-state index in [-0.39, 0.29) is 17.9 Å². The van der Waals surface area contributed by atoms with E-state index in [4.69, 9.17) is 5.73 Å². The minimum absolute atomic E-state index is 0.0639. The topological polar surface area (TPSA) is 87.5 Å². The molecule has 6 nitrogen and oxygen atoms in total. The standard InChI is InChI=1S/C14H20N4O2/c1-10(9-15)7-13(19)17-11-3-2-4-12(8-11)18-6-5-16-14(18)20/h2-4,8,10H,5-7,9,15H2,1H3,(H,16,20)(H,17,19). The van der Waals surface area contributed by atoms with Crippen LogP contribution in [0.15, 0.2) is 24.3 Å². The van der Waals surface area contributed by atoms with Crippen molar-refractivity contribution in [3.05, 3.63) is 24.3 Å². The van der Waals surface area contributed by atoms with Crippen molar-refractivity contribution in [3.63, 3.8) is 0 Å². The van der Waals surface area contributed by atoms with E-state index in [0.29, 0.717) is 31.7 Å². The fourth-order valence-electron chi connectivity index (χ4n) is 2.08. The van der Waals surface area contributed by atoms with Gasteiger partial charge in [-0.25, -0.2) is 4.79 Å². The number of urea groups is 1. The summed E-state index contributed by atoms with van der Waals surface area (Å²) in [6, 6.07) is 7.18. The molecule has 3 amide bonds. The molecule has 108 valence electrons. The number of amides is 3. The van der Waals surface area contributed by atoms with E-state index in [1.165, 1.54) is 0 Å². The summed E-state index contributed by atoms with van der Waals surface area (Å²) in [5.41, 5.74) is 6.98. The first kappa shape index (κ1) is 14.3. The predicted octanol–water partition coefficient (Wildman–Crippen LogP) is 1.14. The molecule has 2 rings (SSSR count). The number of rotatable bonds is 5. The van der Waals surface area contributed by atoms with E-state index >= 15 is 0 Å². The molecular weight excluding hydrogens is 256 g/mol. The molecule has 1 saturated heterocycles. The minimum Gasteiger partial charge on any atom is -0.336 e. The zero-order chi connectivity index (χ0) is 14.5. The quantitative estimate of drug-likeness (QED) is 0.753. The van der Waals surface area contributed by atoms with Gasteiger partial charge in [0, 0.05) is 30.9 Å². The molecule has 1 unspecified atom stereocenters. The van der Waals surface area contributed by atoms with E-state index in [9.17, 15) is 9.59 Å². The van der Waals surface area contributed by atoms with Crippen molar-refractivity contribution in [2.75, 3.05) is 29.9 Å². The smallest absolute Gasteiger partial charge is 0.321 e. The zero-order valence-electron chi connectivity index (χ0n) is 11.6. The number of anilines is 2. The maximum Gasteiger partial charge on any atom is 0.321 e. The summed E-state index contributed by atoms with van der Waals surface area (Å²) in [7, 11) is 0. The second-order valence-electron chi connectivity index (χ2n) is 5.03. The Kier molecular flexibility index (Phi) is 4.57. The summed E-state index contributed by atoms with van der Waals surface area (Å²) in [5.74, 6) is 0.0912. The maximum atomic E-state index is 11.8. The fraction of sp³-hybridized carbons (Fsp3) is 0.429. The number of carbonyl (C=O) groups is 2. The third kappa shape index (κ3) is 3.48. The number of hydrogen-bond acceptors (Lipinski definition) is 3. The second kappa shape index (κ2) is 6.38. The van der Waals surface area contributed by atoms with E-state index < -0.39 is 0 Å². The Balaban J connectivity index is 2.02. The normalized spacial score (nSPS) is 15.9. The van der Waals surface area contributed by atoms with Gasteiger partial charge in [-0.1, -0.05) is 13.0 Å². The number of carbonyl (C=O) groups excluding carboxylic acids is 2. The molecule has 0 radical (unpaired) electrons. The van der Waals surface area contributed by atoms with Gasteiger partial charge in [0.1, 0.15) is 0 Å². The van der Waals surface area contributed by atoms with Gasteiger partial charge in [0.15, 0.2) is 0 Å². The molecule has 0 aromatic heterocycles. The van der Waals surface area contributed by atoms with Gasteiger partial charge in [-0.2, -0.15) is 0 Å². The largest absolute Gasteiger partial charge is 0.336 e. The molecule has 1 aliphatic heterocycles. The lowest BCUT2D eigenvalue weighted by Gasteiger charge is -2.16. The molecule has 4 N–H and O–H groups in total. The Morgan fingerprint density at radius 2 is 2.35 bits per heavy atom. The summed E-state index contributed by atoms with van der Waals surface area (Å²) in [4.78, 5) is 25.1. The Bertz CT molecular complexity index is 504. The van der Waals surface area contributed by atoms with Crippen LogP contribution in [0.1, 0.15) is 13.3 Å². The van der Waals surface area contributed by atoms with Crippen molar-refractivity contribution in [2.45, 2.75) is 13.3 Å². The molecule has 1 aromatic rings. The molecule has 0 aliphatic carbocycles. The number of hydrogen-bond donors (Lipinski definition) is 3. The number of benzene rings is 1. The van der Waals surface area contributed by atoms with Crippen molar-refractivity contribution < 1.29 is 9.59 Å². The molecule has 1 atom stereocenters. The monoisotopic (exact) mass is 276 g/mol. The Labute approximate surface area is 118 Å². The van der Waals surface area contributed by atoms with Gasteiger partial charge in [-0.15, -0.1) is 0 Å². The summed E-state index contributed by atoms with van der Waals surface area (Å²) >= 11 is 0. The molecule has 1 fully saturated rings. The zero-order valence-corrected chi connectivity index (χ0v) is 11.6. The van der Waals surface area contributed by atoms with Crippen LogP contribution in [0.4, 0.5) is 16.2 Å². The van der Waals surface area contributed by atoms with Crippen LogP contribution in [0.2, 0.25) is 0 Å². The first-order chi connectivity index (χ1) is 9.60. The highest BCUT2D eigenvalue weighted by Crippen LogP contribution is 2.21. The predicted molar refractivity (Wildman–Crippen MR) is 78.7 cm³/mol. The summed E-state index contributed by atoms with van der Waals surface area (Å²) in [6.07, 6.45) is 0.394. The van der Waals surface area contributed by atoms with E-state index in [0.717, 1.165) is 5.69 Å². The third-order valence-corrected chi connectivity index (χ3v) is 3.23. The van der Waals surface area contributed by atoms with Crippen molar-refractivity contribution in [1.82, 2.24) is 5.32 Å². The molecule has 0 bridgehead atoms. The Morgan fingerprint density at radius 3 is 3.00 bits per heavy atom. The number of nitrogens with one attached hydrogen (secondary N) is 2. The van der Waals surface area contributed by atoms with Crippen LogP contribution in [0.5, 0.6) is 0 Å². The molecule has 0 spiro atoms. The highest BCUT2D eigenvalue weighted by Gasteiger charge is 2.21. The van der Waals surface area contributed by atoms with Crippen LogP contribution in [-0.2, 0) is 4.79 Å². The van der Waals surface area contributed by atoms with E-state index in [2.05, 4.69) is 10.6 Å². The highest BCUT2D eigenvalue weighted by molar-refractivity contribution is 5.96. The minimum atomic E-state index is -0.106. The Morgan fingerprint density at radius 1 is 1.55 bits per heavy atom. The van der Waals surface area contributed by atoms with Crippen LogP contribution in [0.3, 0.4) is 0 Å². The van der Waals surface area contributed by atoms with Crippen LogP contribution >= 0.6 is 0 Å². The van der Waals surface area contributed by atoms with E-state index in [1.807, 2.05) is 25.1 Å². The lowest BCUT2D eigenvalue weighted by molar-refractivity contribution is -0.116. The first-order valence-electron chi connectivity index (χ1n) is 6.75. The van der Waals surface area contributed by atoms with Crippen molar-refractivity contribution in [3.8, 4) is 0 Å². The fourth-order valence-corrected chi connectivity index (χ4v) is 2.08. The maximum absolute atomic E-state index is 11.8. The molecule has 0 saturated carbocycles. The summed E-state index contributed by atoms with van der Waals surface area (Å²) in [5, 5.41) is 5.58. The number of nitrogens with zero attached hydrogens (tertiary/aromatic N) is 1. The van der Waals surface area contributed by atoms with Crippen molar-refractivity contribution in [2.24, 2.45) is 11.7 Å². The van der Waals surface area contributed by atoms with Gasteiger partial charge >= 0.3 is 6.03 Å². The first-order valence-corrected chi connectivity index (χ1v) is 6.75. The lowest BCUT2D eigenvalue weighted by Crippen LogP contribution is -2.27. The van der Waals surface area contributed by atoms with Gasteiger partial charge in [0.2, 0.25) is 5.91 Å². The molecule has 1 heterocycles. The second-order valence-corrected chi connectivity index (χ2v) is 5.03. The van der Waals surface area contributed by atoms with Crippen LogP contribution in [0, 0.1) is 5.92 Å². The van der Waals surface area contributed by atoms with Crippen LogP contribution in [-0.4, -0.2) is 31.6 Å². The Hall–Kier alpha value is -2.08. The van der Waals surface area contributed by atoms with Gasteiger partial charge in [0.05, 0.1) is 0 Å². The van der Waals surface area contributed by atoms with Gasteiger partial charge in [-0.3, -0.25) is 9.69 Å². The lowest BCUT2D eigenvalue weighted by atomic mass is 10.1. The molecule has 6 heteroatoms. The van der Waals surface area contributed by atoms with Crippen molar-refractivity contribution >= 4 is 23.3 Å². The SMILES string of the molecule is CC(CN)CC(=O)Nc1cccc(N2CCNC2=O)c1. The number of nitrogens with two attached hydrogens (primary N) is 1. The van der Waals surface area contributed by atoms with Gasteiger partial charge in [0.25, 0.3) is 0 Å². The van der Waals surface area contributed by atoms with Crippen LogP contribution in [0.25, 0.3) is 0 Å². The summed E-state index contributed by atoms with van der Waals surface area (Å²) in [6.45, 7) is 3.70. The average Bonchev–Trinajstić information content (AvgIpc) is 2.85. The average molecular weight is 276 g/mol. The van der Waals surface area contributed by atoms with E-state index in [1.54, 1.807) is 11.0 Å². The van der Waals surface area contributed by atoms with Gasteiger partial charge in [-0.05, 0) is 30.7 Å². The van der Waals surface area contributed by atoms with Gasteiger partial charge < -0.3 is 16.4 Å². The molecule has 20 heavy (non-hydrogen) atoms. The van der Waals surface area contributed by atoms with Crippen molar-refractivity contribution in [1.29, 1.82) is 0 Å². The molecule has 1 aromatic carbocycles. The summed E-state index contributed by atoms with van der Waals surface area (Å²) < 4.78 is 0. The molecule has 1 aliphatic rings.